The van der Waals surface area contributed by atoms with E-state index in [2.05, 4.69) is 247 Å². The molecule has 0 spiro atoms. The van der Waals surface area contributed by atoms with Gasteiger partial charge in [0.1, 0.15) is 0 Å². The molecule has 3 heteroatoms. The third-order valence-corrected chi connectivity index (χ3v) is 14.4. The maximum atomic E-state index is 5.28. The lowest BCUT2D eigenvalue weighted by molar-refractivity contribution is 1.15. The molecule has 3 nitrogen and oxygen atoms in total. The Bertz CT molecular complexity index is 4330. The first kappa shape index (κ1) is 40.6. The van der Waals surface area contributed by atoms with Crippen molar-refractivity contribution in [1.29, 1.82) is 0 Å². The molecule has 0 aliphatic rings. The van der Waals surface area contributed by atoms with Gasteiger partial charge in [0.05, 0.1) is 28.1 Å². The fourth-order valence-corrected chi connectivity index (χ4v) is 11.1. The largest absolute Gasteiger partial charge is 0.309 e. The van der Waals surface area contributed by atoms with Gasteiger partial charge in [0.2, 0.25) is 0 Å². The maximum Gasteiger partial charge on any atom is 0.160 e. The molecule has 0 radical (unpaired) electrons. The van der Waals surface area contributed by atoms with E-state index in [1.54, 1.807) is 0 Å². The molecule has 2 aromatic heterocycles. The van der Waals surface area contributed by atoms with Crippen LogP contribution in [0.25, 0.3) is 138 Å². The monoisotopic (exact) mass is 901 g/mol. The molecule has 0 bridgehead atoms. The highest BCUT2D eigenvalue weighted by molar-refractivity contribution is 6.28. The topological polar surface area (TPSA) is 30.7 Å². The van der Waals surface area contributed by atoms with Crippen molar-refractivity contribution in [3.63, 3.8) is 0 Å². The number of hydrogen-bond donors (Lipinski definition) is 0. The molecule has 12 aromatic carbocycles. The van der Waals surface area contributed by atoms with Crippen LogP contribution in [0, 0.1) is 0 Å². The minimum absolute atomic E-state index is 0.689. The Morgan fingerprint density at radius 3 is 1.49 bits per heavy atom. The van der Waals surface area contributed by atoms with Crippen molar-refractivity contribution in [2.45, 2.75) is 0 Å². The van der Waals surface area contributed by atoms with Crippen LogP contribution in [0.3, 0.4) is 0 Å². The summed E-state index contributed by atoms with van der Waals surface area (Å²) in [6.07, 6.45) is 0. The van der Waals surface area contributed by atoms with E-state index in [-0.39, 0.29) is 0 Å². The lowest BCUT2D eigenvalue weighted by atomic mass is 9.83. The maximum absolute atomic E-state index is 5.28. The Morgan fingerprint density at radius 1 is 0.268 bits per heavy atom. The highest BCUT2D eigenvalue weighted by Crippen LogP contribution is 2.47. The van der Waals surface area contributed by atoms with Crippen LogP contribution in [-0.2, 0) is 0 Å². The second kappa shape index (κ2) is 16.7. The molecule has 0 aliphatic heterocycles. The van der Waals surface area contributed by atoms with Crippen molar-refractivity contribution in [2.75, 3.05) is 0 Å². The standard InChI is InChI=1S/C68H43N3/c1-3-18-47(19-4-1)65-56-25-9-10-26-57(56)66(67-53-22-8-7-17-45(53)39-40-59(65)67)52-38-37-50-41-49(35-36-51(50)42-52)44-31-33-46(34-32-44)60-43-61(70-68(69-60)48-20-5-2-6-21-48)58-27-13-16-30-64(58)71-62-28-14-11-23-54(62)55-24-12-15-29-63(55)71/h1-43H. The van der Waals surface area contributed by atoms with Crippen molar-refractivity contribution in [3.05, 3.63) is 261 Å². The highest BCUT2D eigenvalue weighted by Gasteiger charge is 2.21. The van der Waals surface area contributed by atoms with Crippen LogP contribution in [0.15, 0.2) is 261 Å². The van der Waals surface area contributed by atoms with Crippen LogP contribution in [0.4, 0.5) is 0 Å². The van der Waals surface area contributed by atoms with E-state index in [1.807, 2.05) is 18.2 Å². The average Bonchev–Trinajstić information content (AvgIpc) is 3.79. The van der Waals surface area contributed by atoms with Gasteiger partial charge in [0.25, 0.3) is 0 Å². The van der Waals surface area contributed by atoms with Crippen LogP contribution in [0.1, 0.15) is 0 Å². The van der Waals surface area contributed by atoms with Crippen LogP contribution >= 0.6 is 0 Å². The number of rotatable bonds is 7. The fraction of sp³-hybridized carbons (Fsp3) is 0. The molecule has 0 aliphatic carbocycles. The smallest absolute Gasteiger partial charge is 0.160 e. The van der Waals surface area contributed by atoms with Crippen molar-refractivity contribution in [2.24, 2.45) is 0 Å². The van der Waals surface area contributed by atoms with Crippen molar-refractivity contribution in [3.8, 4) is 73.0 Å². The number of aromatic nitrogens is 3. The number of fused-ring (bicyclic) bond motifs is 8. The van der Waals surface area contributed by atoms with Crippen molar-refractivity contribution >= 4 is 64.9 Å². The minimum Gasteiger partial charge on any atom is -0.309 e. The Kier molecular flexibility index (Phi) is 9.53. The zero-order chi connectivity index (χ0) is 46.8. The molecule has 0 amide bonds. The third kappa shape index (κ3) is 6.82. The second-order valence-corrected chi connectivity index (χ2v) is 18.4. The van der Waals surface area contributed by atoms with E-state index in [1.165, 1.54) is 81.7 Å². The van der Waals surface area contributed by atoms with Gasteiger partial charge in [-0.05, 0) is 113 Å². The number of benzene rings is 12. The summed E-state index contributed by atoms with van der Waals surface area (Å²) in [6.45, 7) is 0. The molecule has 0 atom stereocenters. The molecule has 0 saturated heterocycles. The Morgan fingerprint density at radius 2 is 0.775 bits per heavy atom. The molecule has 0 unspecified atom stereocenters. The summed E-state index contributed by atoms with van der Waals surface area (Å²) in [5.74, 6) is 0.689. The van der Waals surface area contributed by atoms with Gasteiger partial charge in [-0.15, -0.1) is 0 Å². The number of hydrogen-bond acceptors (Lipinski definition) is 2. The van der Waals surface area contributed by atoms with Crippen molar-refractivity contribution in [1.82, 2.24) is 14.5 Å². The Balaban J connectivity index is 0.857. The molecule has 14 aromatic rings. The quantitative estimate of drug-likeness (QED) is 0.118. The highest BCUT2D eigenvalue weighted by atomic mass is 15.0. The van der Waals surface area contributed by atoms with Gasteiger partial charge < -0.3 is 4.57 Å². The summed E-state index contributed by atoms with van der Waals surface area (Å²) < 4.78 is 2.37. The van der Waals surface area contributed by atoms with Gasteiger partial charge >= 0.3 is 0 Å². The predicted molar refractivity (Wildman–Crippen MR) is 299 cm³/mol. The molecule has 71 heavy (non-hydrogen) atoms. The first-order chi connectivity index (χ1) is 35.2. The van der Waals surface area contributed by atoms with Crippen molar-refractivity contribution < 1.29 is 0 Å². The molecule has 2 heterocycles. The van der Waals surface area contributed by atoms with Crippen LogP contribution < -0.4 is 0 Å². The number of para-hydroxylation sites is 3. The molecule has 330 valence electrons. The molecular formula is C68H43N3. The van der Waals surface area contributed by atoms with Gasteiger partial charge in [-0.2, -0.15) is 0 Å². The van der Waals surface area contributed by atoms with E-state index < -0.39 is 0 Å². The van der Waals surface area contributed by atoms with E-state index in [4.69, 9.17) is 9.97 Å². The predicted octanol–water partition coefficient (Wildman–Crippen LogP) is 18.2. The first-order valence-electron chi connectivity index (χ1n) is 24.3. The van der Waals surface area contributed by atoms with Crippen LogP contribution in [0.2, 0.25) is 0 Å². The fourth-order valence-electron chi connectivity index (χ4n) is 11.1. The van der Waals surface area contributed by atoms with Crippen LogP contribution in [-0.4, -0.2) is 14.5 Å². The van der Waals surface area contributed by atoms with Gasteiger partial charge in [-0.25, -0.2) is 9.97 Å². The number of nitrogens with zero attached hydrogens (tertiary/aromatic N) is 3. The normalized spacial score (nSPS) is 11.7. The molecule has 14 rings (SSSR count). The molecule has 0 saturated carbocycles. The summed E-state index contributed by atoms with van der Waals surface area (Å²) in [5.41, 5.74) is 15.5. The van der Waals surface area contributed by atoms with Gasteiger partial charge in [0, 0.05) is 27.5 Å². The van der Waals surface area contributed by atoms with Gasteiger partial charge in [-0.3, -0.25) is 0 Å². The average molecular weight is 902 g/mol. The lowest BCUT2D eigenvalue weighted by Crippen LogP contribution is -2.00. The van der Waals surface area contributed by atoms with Gasteiger partial charge in [0.15, 0.2) is 5.82 Å². The van der Waals surface area contributed by atoms with E-state index >= 15 is 0 Å². The first-order valence-corrected chi connectivity index (χ1v) is 24.3. The molecule has 0 N–H and O–H groups in total. The zero-order valence-corrected chi connectivity index (χ0v) is 38.7. The van der Waals surface area contributed by atoms with Crippen LogP contribution in [0.5, 0.6) is 0 Å². The van der Waals surface area contributed by atoms with Gasteiger partial charge in [-0.1, -0.05) is 224 Å². The van der Waals surface area contributed by atoms with E-state index in [0.29, 0.717) is 5.82 Å². The third-order valence-electron chi connectivity index (χ3n) is 14.4. The Labute approximate surface area is 411 Å². The van der Waals surface area contributed by atoms with E-state index in [0.717, 1.165) is 50.4 Å². The summed E-state index contributed by atoms with van der Waals surface area (Å²) >= 11 is 0. The summed E-state index contributed by atoms with van der Waals surface area (Å²) in [7, 11) is 0. The minimum atomic E-state index is 0.689. The zero-order valence-electron chi connectivity index (χ0n) is 38.7. The molecule has 0 fully saturated rings. The SMILES string of the molecule is c1ccc(-c2nc(-c3ccc(-c4ccc5cc(-c6c7ccccc7c(-c7ccccc7)c7ccc8ccccc8c67)ccc5c4)cc3)cc(-c3ccccc3-n3c4ccccc4c4ccccc43)n2)cc1. The summed E-state index contributed by atoms with van der Waals surface area (Å²) in [4.78, 5) is 10.5. The molecular weight excluding hydrogens is 859 g/mol. The summed E-state index contributed by atoms with van der Waals surface area (Å²) in [5, 5.41) is 12.4. The second-order valence-electron chi connectivity index (χ2n) is 18.4. The van der Waals surface area contributed by atoms with E-state index in [9.17, 15) is 0 Å². The lowest BCUT2D eigenvalue weighted by Gasteiger charge is -2.19. The Hall–Kier alpha value is -9.44. The summed E-state index contributed by atoms with van der Waals surface area (Å²) in [6, 6.07) is 94.2.